The van der Waals surface area contributed by atoms with E-state index >= 15 is 0 Å². The van der Waals surface area contributed by atoms with Gasteiger partial charge in [-0.1, -0.05) is 0 Å². The monoisotopic (exact) mass is 270 g/mol. The Bertz CT molecular complexity index is 584. The van der Waals surface area contributed by atoms with Crippen LogP contribution in [-0.4, -0.2) is 22.2 Å². The topological polar surface area (TPSA) is 55.2 Å². The minimum Gasteiger partial charge on any atom is -0.480 e. The summed E-state index contributed by atoms with van der Waals surface area (Å²) in [7, 11) is 1.28. The molecule has 0 saturated carbocycles. The first-order valence-corrected chi connectivity index (χ1v) is 5.22. The molecule has 19 heavy (non-hydrogen) atoms. The van der Waals surface area contributed by atoms with Gasteiger partial charge in [0.2, 0.25) is 5.88 Å². The van der Waals surface area contributed by atoms with Crippen LogP contribution >= 0.6 is 0 Å². The fraction of sp³-hybridized carbons (Fsp3) is 0.167. The molecule has 100 valence electrons. The van der Waals surface area contributed by atoms with Gasteiger partial charge >= 0.3 is 0 Å². The third kappa shape index (κ3) is 2.50. The Balaban J connectivity index is 2.53. The summed E-state index contributed by atoms with van der Waals surface area (Å²) in [5.41, 5.74) is -0.866. The fourth-order valence-electron chi connectivity index (χ4n) is 1.63. The van der Waals surface area contributed by atoms with Crippen molar-refractivity contribution >= 4 is 0 Å². The number of rotatable bonds is 3. The van der Waals surface area contributed by atoms with Crippen molar-refractivity contribution in [2.45, 2.75) is 6.10 Å². The minimum absolute atomic E-state index is 0.0712. The molecule has 0 aliphatic heterocycles. The van der Waals surface area contributed by atoms with Crippen molar-refractivity contribution in [3.8, 4) is 5.88 Å². The predicted octanol–water partition coefficient (Wildman–Crippen LogP) is 1.98. The number of methoxy groups -OCH3 is 1. The van der Waals surface area contributed by atoms with Gasteiger partial charge in [-0.25, -0.2) is 18.2 Å². The third-order valence-electron chi connectivity index (χ3n) is 2.46. The van der Waals surface area contributed by atoms with Gasteiger partial charge in [0.25, 0.3) is 0 Å². The zero-order valence-corrected chi connectivity index (χ0v) is 9.77. The van der Waals surface area contributed by atoms with Crippen molar-refractivity contribution in [2.75, 3.05) is 7.11 Å². The molecule has 2 rings (SSSR count). The Morgan fingerprint density at radius 3 is 2.26 bits per heavy atom. The Morgan fingerprint density at radius 2 is 1.68 bits per heavy atom. The van der Waals surface area contributed by atoms with E-state index in [1.54, 1.807) is 0 Å². The summed E-state index contributed by atoms with van der Waals surface area (Å²) in [5.74, 6) is -3.56. The lowest BCUT2D eigenvalue weighted by Crippen LogP contribution is -2.10. The number of hydrogen-bond acceptors (Lipinski definition) is 4. The van der Waals surface area contributed by atoms with Gasteiger partial charge in [0.05, 0.1) is 12.7 Å². The summed E-state index contributed by atoms with van der Waals surface area (Å²) in [5, 5.41) is 9.97. The number of aromatic nitrogens is 2. The molecule has 1 aromatic heterocycles. The summed E-state index contributed by atoms with van der Waals surface area (Å²) < 4.78 is 44.8. The molecule has 4 nitrogen and oxygen atoms in total. The quantitative estimate of drug-likeness (QED) is 0.926. The van der Waals surface area contributed by atoms with Crippen molar-refractivity contribution in [2.24, 2.45) is 0 Å². The van der Waals surface area contributed by atoms with Crippen molar-refractivity contribution in [3.63, 3.8) is 0 Å². The summed E-state index contributed by atoms with van der Waals surface area (Å²) in [6.45, 7) is 0. The van der Waals surface area contributed by atoms with Crippen LogP contribution in [0.4, 0.5) is 13.2 Å². The SMILES string of the molecule is COc1nccnc1C(O)c1c(F)cc(F)cc1F. The molecule has 0 fully saturated rings. The van der Waals surface area contributed by atoms with Crippen molar-refractivity contribution in [1.82, 2.24) is 9.97 Å². The number of benzene rings is 1. The highest BCUT2D eigenvalue weighted by Gasteiger charge is 2.25. The molecular weight excluding hydrogens is 261 g/mol. The maximum Gasteiger partial charge on any atom is 0.238 e. The van der Waals surface area contributed by atoms with Crippen LogP contribution in [0.15, 0.2) is 24.5 Å². The van der Waals surface area contributed by atoms with E-state index in [4.69, 9.17) is 4.74 Å². The van der Waals surface area contributed by atoms with Crippen LogP contribution < -0.4 is 4.74 Å². The van der Waals surface area contributed by atoms with Crippen LogP contribution in [0.25, 0.3) is 0 Å². The summed E-state index contributed by atoms with van der Waals surface area (Å²) in [6, 6.07) is 0.953. The van der Waals surface area contributed by atoms with Gasteiger partial charge < -0.3 is 9.84 Å². The molecule has 0 spiro atoms. The van der Waals surface area contributed by atoms with Crippen LogP contribution in [0.1, 0.15) is 17.4 Å². The Labute approximate surface area is 106 Å². The average Bonchev–Trinajstić information content (AvgIpc) is 2.37. The molecule has 0 bridgehead atoms. The number of hydrogen-bond donors (Lipinski definition) is 1. The van der Waals surface area contributed by atoms with Crippen molar-refractivity contribution < 1.29 is 23.0 Å². The first-order valence-electron chi connectivity index (χ1n) is 5.22. The normalized spacial score (nSPS) is 12.3. The van der Waals surface area contributed by atoms with E-state index in [2.05, 4.69) is 9.97 Å². The smallest absolute Gasteiger partial charge is 0.238 e. The lowest BCUT2D eigenvalue weighted by molar-refractivity contribution is 0.197. The van der Waals surface area contributed by atoms with E-state index in [0.717, 1.165) is 0 Å². The summed E-state index contributed by atoms with van der Waals surface area (Å²) >= 11 is 0. The highest BCUT2D eigenvalue weighted by atomic mass is 19.1. The zero-order chi connectivity index (χ0) is 14.0. The molecule has 1 unspecified atom stereocenters. The number of halogens is 3. The van der Waals surface area contributed by atoms with Crippen molar-refractivity contribution in [1.29, 1.82) is 0 Å². The van der Waals surface area contributed by atoms with E-state index < -0.39 is 29.1 Å². The third-order valence-corrected chi connectivity index (χ3v) is 2.46. The highest BCUT2D eigenvalue weighted by molar-refractivity contribution is 5.33. The largest absolute Gasteiger partial charge is 0.480 e. The van der Waals surface area contributed by atoms with Crippen LogP contribution in [0.3, 0.4) is 0 Å². The van der Waals surface area contributed by atoms with Crippen molar-refractivity contribution in [3.05, 3.63) is 53.2 Å². The molecular formula is C12H9F3N2O2. The second kappa shape index (κ2) is 5.23. The van der Waals surface area contributed by atoms with Crippen LogP contribution in [0.2, 0.25) is 0 Å². The van der Waals surface area contributed by atoms with E-state index in [0.29, 0.717) is 12.1 Å². The van der Waals surface area contributed by atoms with Gasteiger partial charge in [0.15, 0.2) is 0 Å². The molecule has 1 atom stereocenters. The minimum atomic E-state index is -1.75. The molecule has 0 amide bonds. The van der Waals surface area contributed by atoms with E-state index in [1.807, 2.05) is 0 Å². The van der Waals surface area contributed by atoms with Gasteiger partial charge in [-0.05, 0) is 0 Å². The molecule has 0 aliphatic carbocycles. The predicted molar refractivity (Wildman–Crippen MR) is 59.0 cm³/mol. The van der Waals surface area contributed by atoms with Gasteiger partial charge in [0.1, 0.15) is 29.2 Å². The van der Waals surface area contributed by atoms with Crippen LogP contribution in [-0.2, 0) is 0 Å². The van der Waals surface area contributed by atoms with Crippen LogP contribution in [0, 0.1) is 17.5 Å². The summed E-state index contributed by atoms with van der Waals surface area (Å²) in [4.78, 5) is 7.52. The molecule has 1 heterocycles. The Morgan fingerprint density at radius 1 is 1.11 bits per heavy atom. The van der Waals surface area contributed by atoms with E-state index in [9.17, 15) is 18.3 Å². The second-order valence-corrected chi connectivity index (χ2v) is 3.64. The molecule has 0 saturated heterocycles. The number of ether oxygens (including phenoxy) is 1. The Hall–Kier alpha value is -2.15. The van der Waals surface area contributed by atoms with E-state index in [1.165, 1.54) is 19.5 Å². The molecule has 7 heteroatoms. The first-order chi connectivity index (χ1) is 9.04. The number of aliphatic hydroxyl groups is 1. The van der Waals surface area contributed by atoms with E-state index in [-0.39, 0.29) is 11.6 Å². The van der Waals surface area contributed by atoms with Gasteiger partial charge in [-0.3, -0.25) is 4.98 Å². The number of nitrogens with zero attached hydrogens (tertiary/aromatic N) is 2. The summed E-state index contributed by atoms with van der Waals surface area (Å²) in [6.07, 6.45) is 0.788. The second-order valence-electron chi connectivity index (χ2n) is 3.64. The number of aliphatic hydroxyl groups excluding tert-OH is 1. The molecule has 1 aromatic carbocycles. The van der Waals surface area contributed by atoms with Gasteiger partial charge in [-0.15, -0.1) is 0 Å². The van der Waals surface area contributed by atoms with Gasteiger partial charge in [0, 0.05) is 24.5 Å². The maximum atomic E-state index is 13.6. The van der Waals surface area contributed by atoms with Gasteiger partial charge in [-0.2, -0.15) is 0 Å². The molecule has 1 N–H and O–H groups in total. The molecule has 2 aromatic rings. The average molecular weight is 270 g/mol. The standard InChI is InChI=1S/C12H9F3N2O2/c1-19-12-10(16-2-3-17-12)11(18)9-7(14)4-6(13)5-8(9)15/h2-5,11,18H,1H3. The van der Waals surface area contributed by atoms with Crippen LogP contribution in [0.5, 0.6) is 5.88 Å². The first kappa shape index (κ1) is 13.3. The molecule has 0 radical (unpaired) electrons. The highest BCUT2D eigenvalue weighted by Crippen LogP contribution is 2.30. The molecule has 0 aliphatic rings. The lowest BCUT2D eigenvalue weighted by Gasteiger charge is -2.14. The lowest BCUT2D eigenvalue weighted by atomic mass is 10.0. The Kier molecular flexibility index (Phi) is 3.66. The maximum absolute atomic E-state index is 13.6. The fourth-order valence-corrected chi connectivity index (χ4v) is 1.63. The zero-order valence-electron chi connectivity index (χ0n) is 9.77.